The third kappa shape index (κ3) is 5.81. The summed E-state index contributed by atoms with van der Waals surface area (Å²) >= 11 is 0. The number of allylic oxidation sites excluding steroid dienone is 3. The lowest BCUT2D eigenvalue weighted by Gasteiger charge is -2.33. The molecule has 38 heavy (non-hydrogen) atoms. The number of carbonyl (C=O) groups excluding carboxylic acids is 2. The lowest BCUT2D eigenvalue weighted by Crippen LogP contribution is -2.42. The van der Waals surface area contributed by atoms with Gasteiger partial charge in [0.25, 0.3) is 11.7 Å². The van der Waals surface area contributed by atoms with Gasteiger partial charge in [-0.2, -0.15) is 0 Å². The molecule has 3 aliphatic rings. The molecule has 8 nitrogen and oxygen atoms in total. The summed E-state index contributed by atoms with van der Waals surface area (Å²) in [7, 11) is 3.05. The molecular weight excluding hydrogens is 484 g/mol. The van der Waals surface area contributed by atoms with E-state index in [9.17, 15) is 14.7 Å². The van der Waals surface area contributed by atoms with Gasteiger partial charge in [-0.15, -0.1) is 0 Å². The van der Waals surface area contributed by atoms with Crippen LogP contribution in [-0.2, 0) is 14.3 Å². The van der Waals surface area contributed by atoms with Crippen molar-refractivity contribution in [3.63, 3.8) is 0 Å². The lowest BCUT2D eigenvalue weighted by atomic mass is 9.78. The normalized spacial score (nSPS) is 24.0. The first kappa shape index (κ1) is 27.9. The van der Waals surface area contributed by atoms with Crippen molar-refractivity contribution in [1.29, 1.82) is 0 Å². The van der Waals surface area contributed by atoms with E-state index in [-0.39, 0.29) is 22.7 Å². The molecule has 206 valence electrons. The van der Waals surface area contributed by atoms with Gasteiger partial charge in [-0.3, -0.25) is 14.5 Å². The number of amides is 1. The summed E-state index contributed by atoms with van der Waals surface area (Å²) in [5, 5.41) is 11.4. The topological polar surface area (TPSA) is 88.5 Å². The Bertz CT molecular complexity index is 1140. The molecule has 2 fully saturated rings. The average Bonchev–Trinajstić information content (AvgIpc) is 3.17. The monoisotopic (exact) mass is 524 g/mol. The van der Waals surface area contributed by atoms with Crippen molar-refractivity contribution in [3.8, 4) is 11.5 Å². The molecule has 0 radical (unpaired) electrons. The van der Waals surface area contributed by atoms with Crippen LogP contribution in [0.3, 0.4) is 0 Å². The summed E-state index contributed by atoms with van der Waals surface area (Å²) in [4.78, 5) is 30.7. The van der Waals surface area contributed by atoms with Crippen molar-refractivity contribution in [2.75, 3.05) is 53.6 Å². The predicted octanol–water partition coefficient (Wildman–Crippen LogP) is 4.02. The molecule has 2 heterocycles. The number of methoxy groups -OCH3 is 2. The molecule has 0 saturated carbocycles. The highest BCUT2D eigenvalue weighted by atomic mass is 16.5. The predicted molar refractivity (Wildman–Crippen MR) is 146 cm³/mol. The van der Waals surface area contributed by atoms with Crippen molar-refractivity contribution < 1.29 is 28.9 Å². The number of benzene rings is 1. The minimum atomic E-state index is -0.646. The Morgan fingerprint density at radius 3 is 2.39 bits per heavy atom. The lowest BCUT2D eigenvalue weighted by molar-refractivity contribution is -0.140. The molecule has 1 N–H and O–H groups in total. The average molecular weight is 525 g/mol. The number of rotatable bonds is 8. The second-order valence-corrected chi connectivity index (χ2v) is 11.1. The Morgan fingerprint density at radius 1 is 1.08 bits per heavy atom. The summed E-state index contributed by atoms with van der Waals surface area (Å²) in [5.41, 5.74) is 1.78. The van der Waals surface area contributed by atoms with Crippen LogP contribution in [0, 0.1) is 11.3 Å². The third-order valence-corrected chi connectivity index (χ3v) is 7.62. The fourth-order valence-electron chi connectivity index (χ4n) is 5.45. The molecule has 1 aliphatic carbocycles. The van der Waals surface area contributed by atoms with Crippen molar-refractivity contribution in [2.45, 2.75) is 39.7 Å². The first-order valence-corrected chi connectivity index (χ1v) is 13.4. The van der Waals surface area contributed by atoms with Crippen LogP contribution in [0.2, 0.25) is 0 Å². The number of Topliss-reactive ketones (excluding diaryl/α,β-unsaturated/α-hetero) is 1. The molecule has 1 aromatic carbocycles. The second kappa shape index (κ2) is 11.7. The van der Waals surface area contributed by atoms with E-state index in [0.29, 0.717) is 43.2 Å². The molecule has 1 aromatic rings. The molecule has 8 heteroatoms. The van der Waals surface area contributed by atoms with Crippen LogP contribution < -0.4 is 9.47 Å². The second-order valence-electron chi connectivity index (χ2n) is 11.1. The van der Waals surface area contributed by atoms with Gasteiger partial charge in [0, 0.05) is 37.7 Å². The SMILES string of the molecule is COc1ccc(/C(O)=C2\C(=O)C(=O)N(CCCN3CCOCC3)[C@H]2[C@@H]2C=CC(C(C)(C)C)=CC2)cc1OC. The number of ketones is 1. The summed E-state index contributed by atoms with van der Waals surface area (Å²) in [6, 6.07) is 4.43. The largest absolute Gasteiger partial charge is 0.507 e. The number of hydrogen-bond acceptors (Lipinski definition) is 7. The van der Waals surface area contributed by atoms with Gasteiger partial charge in [0.2, 0.25) is 0 Å². The fraction of sp³-hybridized carbons (Fsp3) is 0.533. The molecular formula is C30H40N2O6. The summed E-state index contributed by atoms with van der Waals surface area (Å²) in [6.45, 7) is 10.9. The molecule has 4 rings (SSSR count). The zero-order valence-corrected chi connectivity index (χ0v) is 23.2. The zero-order valence-electron chi connectivity index (χ0n) is 23.2. The smallest absolute Gasteiger partial charge is 0.295 e. The van der Waals surface area contributed by atoms with Gasteiger partial charge in [-0.1, -0.05) is 39.0 Å². The maximum absolute atomic E-state index is 13.4. The van der Waals surface area contributed by atoms with Crippen molar-refractivity contribution in [1.82, 2.24) is 9.80 Å². The fourth-order valence-corrected chi connectivity index (χ4v) is 5.45. The Balaban J connectivity index is 1.67. The van der Waals surface area contributed by atoms with Crippen molar-refractivity contribution in [2.24, 2.45) is 11.3 Å². The van der Waals surface area contributed by atoms with E-state index in [0.717, 1.165) is 26.1 Å². The minimum absolute atomic E-state index is 0.00108. The molecule has 0 bridgehead atoms. The number of aliphatic hydroxyl groups excluding tert-OH is 1. The third-order valence-electron chi connectivity index (χ3n) is 7.62. The van der Waals surface area contributed by atoms with E-state index in [1.165, 1.54) is 19.8 Å². The van der Waals surface area contributed by atoms with Gasteiger partial charge in [0.05, 0.1) is 39.0 Å². The number of aliphatic hydroxyl groups is 1. The van der Waals surface area contributed by atoms with Crippen LogP contribution in [0.25, 0.3) is 5.76 Å². The molecule has 2 aliphatic heterocycles. The van der Waals surface area contributed by atoms with Gasteiger partial charge >= 0.3 is 0 Å². The van der Waals surface area contributed by atoms with E-state index in [1.54, 1.807) is 23.1 Å². The van der Waals surface area contributed by atoms with E-state index < -0.39 is 17.7 Å². The molecule has 1 amide bonds. The quantitative estimate of drug-likeness (QED) is 0.312. The van der Waals surface area contributed by atoms with Crippen LogP contribution in [0.4, 0.5) is 0 Å². The number of hydrogen-bond donors (Lipinski definition) is 1. The summed E-state index contributed by atoms with van der Waals surface area (Å²) in [6.07, 6.45) is 7.79. The zero-order chi connectivity index (χ0) is 27.4. The maximum atomic E-state index is 13.4. The first-order chi connectivity index (χ1) is 18.2. The Labute approximate surface area is 225 Å². The van der Waals surface area contributed by atoms with Crippen LogP contribution in [0.15, 0.2) is 47.6 Å². The van der Waals surface area contributed by atoms with E-state index >= 15 is 0 Å². The Kier molecular flexibility index (Phi) is 8.63. The number of ether oxygens (including phenoxy) is 3. The van der Waals surface area contributed by atoms with Crippen LogP contribution >= 0.6 is 0 Å². The van der Waals surface area contributed by atoms with Gasteiger partial charge in [0.15, 0.2) is 11.5 Å². The van der Waals surface area contributed by atoms with Crippen molar-refractivity contribution in [3.05, 3.63) is 53.1 Å². The van der Waals surface area contributed by atoms with Crippen LogP contribution in [-0.4, -0.2) is 86.3 Å². The summed E-state index contributed by atoms with van der Waals surface area (Å²) < 4.78 is 16.2. The van der Waals surface area contributed by atoms with Gasteiger partial charge in [0.1, 0.15) is 5.76 Å². The number of nitrogens with zero attached hydrogens (tertiary/aromatic N) is 2. The first-order valence-electron chi connectivity index (χ1n) is 13.4. The highest BCUT2D eigenvalue weighted by molar-refractivity contribution is 6.46. The van der Waals surface area contributed by atoms with Gasteiger partial charge in [-0.05, 0) is 42.0 Å². The van der Waals surface area contributed by atoms with E-state index in [4.69, 9.17) is 14.2 Å². The van der Waals surface area contributed by atoms with Crippen LogP contribution in [0.1, 0.15) is 39.2 Å². The minimum Gasteiger partial charge on any atom is -0.507 e. The summed E-state index contributed by atoms with van der Waals surface area (Å²) in [5.74, 6) is -0.575. The van der Waals surface area contributed by atoms with Gasteiger partial charge in [-0.25, -0.2) is 0 Å². The van der Waals surface area contributed by atoms with E-state index in [2.05, 4.69) is 43.9 Å². The standard InChI is InChI=1S/C30H40N2O6/c1-30(2,3)22-10-7-20(8-11-22)26-25(27(33)21-9-12-23(36-4)24(19-21)37-5)28(34)29(35)32(26)14-6-13-31-15-17-38-18-16-31/h7,9-12,19-20,26,33H,6,8,13-18H2,1-5H3/b27-25+/t20-,26+/m1/s1. The molecule has 2 saturated heterocycles. The maximum Gasteiger partial charge on any atom is 0.295 e. The van der Waals surface area contributed by atoms with Gasteiger partial charge < -0.3 is 24.2 Å². The molecule has 0 unspecified atom stereocenters. The molecule has 2 atom stereocenters. The highest BCUT2D eigenvalue weighted by Gasteiger charge is 2.48. The highest BCUT2D eigenvalue weighted by Crippen LogP contribution is 2.40. The molecule has 0 spiro atoms. The Morgan fingerprint density at radius 2 is 1.79 bits per heavy atom. The number of carbonyl (C=O) groups is 2. The molecule has 0 aromatic heterocycles. The van der Waals surface area contributed by atoms with Crippen molar-refractivity contribution >= 4 is 17.4 Å². The Hall–Kier alpha value is -3.10. The number of morpholine rings is 1. The van der Waals surface area contributed by atoms with Crippen LogP contribution in [0.5, 0.6) is 11.5 Å². The number of likely N-dealkylation sites (tertiary alicyclic amines) is 1. The van der Waals surface area contributed by atoms with E-state index in [1.807, 2.05) is 0 Å².